The number of alkyl halides is 7. The number of halogens is 7. The molecule has 0 bridgehead atoms. The molecule has 10 heteroatoms. The second kappa shape index (κ2) is 7.93. The molecule has 0 radical (unpaired) electrons. The monoisotopic (exact) mass is 508 g/mol. The van der Waals surface area contributed by atoms with Gasteiger partial charge in [0.25, 0.3) is 0 Å². The van der Waals surface area contributed by atoms with Crippen molar-refractivity contribution in [2.45, 2.75) is 77.3 Å². The lowest BCUT2D eigenvalue weighted by molar-refractivity contribution is -0.347. The Morgan fingerprint density at radius 1 is 1.03 bits per heavy atom. The van der Waals surface area contributed by atoms with Gasteiger partial charge in [0, 0.05) is 17.8 Å². The SMILES string of the molecule is CC(=O)C1CCC2C3CC=C4C=C(OC(=O)C(F)(F)C(F)(F)C(F)(F)F)CCC4(C)C3=CCC12C. The molecule has 0 N–H and O–H groups in total. The van der Waals surface area contributed by atoms with Gasteiger partial charge in [-0.25, -0.2) is 4.79 Å². The molecule has 0 aromatic rings. The van der Waals surface area contributed by atoms with Crippen LogP contribution in [0.1, 0.15) is 59.3 Å². The van der Waals surface area contributed by atoms with Crippen LogP contribution in [0.4, 0.5) is 30.7 Å². The van der Waals surface area contributed by atoms with Crippen LogP contribution in [-0.4, -0.2) is 29.8 Å². The number of esters is 1. The number of carbonyl (C=O) groups is 2. The Hall–Kier alpha value is -2.13. The summed E-state index contributed by atoms with van der Waals surface area (Å²) < 4.78 is 95.4. The first-order chi connectivity index (χ1) is 16.0. The van der Waals surface area contributed by atoms with Gasteiger partial charge in [0.05, 0.1) is 0 Å². The summed E-state index contributed by atoms with van der Waals surface area (Å²) in [7, 11) is 0. The van der Waals surface area contributed by atoms with E-state index < -0.39 is 29.4 Å². The summed E-state index contributed by atoms with van der Waals surface area (Å²) in [6, 6.07) is 0. The summed E-state index contributed by atoms with van der Waals surface area (Å²) in [6.07, 6.45) is 2.07. The number of ether oxygens (including phenoxy) is 1. The van der Waals surface area contributed by atoms with Crippen LogP contribution in [0.5, 0.6) is 0 Å². The number of allylic oxidation sites excluding steroid dienone is 6. The predicted molar refractivity (Wildman–Crippen MR) is 111 cm³/mol. The molecule has 0 amide bonds. The lowest BCUT2D eigenvalue weighted by Gasteiger charge is -2.52. The fourth-order valence-corrected chi connectivity index (χ4v) is 6.85. The van der Waals surface area contributed by atoms with Crippen molar-refractivity contribution in [2.75, 3.05) is 0 Å². The first kappa shape index (κ1) is 25.9. The maximum Gasteiger partial charge on any atom is 0.460 e. The van der Waals surface area contributed by atoms with Gasteiger partial charge in [0.1, 0.15) is 11.5 Å². The molecule has 0 aliphatic heterocycles. The quantitative estimate of drug-likeness (QED) is 0.235. The molecule has 194 valence electrons. The predicted octanol–water partition coefficient (Wildman–Crippen LogP) is 6.94. The van der Waals surface area contributed by atoms with Crippen molar-refractivity contribution in [3.05, 3.63) is 35.1 Å². The highest BCUT2D eigenvalue weighted by atomic mass is 19.4. The molecule has 35 heavy (non-hydrogen) atoms. The van der Waals surface area contributed by atoms with Gasteiger partial charge in [-0.15, -0.1) is 0 Å². The Balaban J connectivity index is 1.57. The Morgan fingerprint density at radius 2 is 1.69 bits per heavy atom. The second-order valence-electron chi connectivity index (χ2n) is 10.7. The lowest BCUT2D eigenvalue weighted by Crippen LogP contribution is -2.56. The number of carbonyl (C=O) groups excluding carboxylic acids is 2. The van der Waals surface area contributed by atoms with Crippen molar-refractivity contribution in [1.29, 1.82) is 0 Å². The standard InChI is InChI=1S/C25H27F7O3/c1-13(33)17-6-7-18-16-5-4-14-12-15(8-10-21(14,2)19(16)9-11-22(17,18)3)35-20(34)23(26,27)24(28,29)25(30,31)32/h4,9,12,16-18H,5-8,10-11H2,1-3H3. The van der Waals surface area contributed by atoms with E-state index >= 15 is 0 Å². The van der Waals surface area contributed by atoms with Gasteiger partial charge in [-0.05, 0) is 67.9 Å². The third-order valence-corrected chi connectivity index (χ3v) is 8.83. The lowest BCUT2D eigenvalue weighted by atomic mass is 9.52. The van der Waals surface area contributed by atoms with E-state index in [9.17, 15) is 40.3 Å². The summed E-state index contributed by atoms with van der Waals surface area (Å²) in [6.45, 7) is 5.75. The first-order valence-electron chi connectivity index (χ1n) is 11.6. The number of ketones is 1. The Bertz CT molecular complexity index is 1040. The Morgan fingerprint density at radius 3 is 2.29 bits per heavy atom. The zero-order chi connectivity index (χ0) is 26.2. The summed E-state index contributed by atoms with van der Waals surface area (Å²) in [4.78, 5) is 23.9. The van der Waals surface area contributed by atoms with Crippen LogP contribution in [0.15, 0.2) is 35.1 Å². The van der Waals surface area contributed by atoms with E-state index in [-0.39, 0.29) is 35.2 Å². The Labute approximate surface area is 198 Å². The van der Waals surface area contributed by atoms with Crippen molar-refractivity contribution in [1.82, 2.24) is 0 Å². The molecule has 4 rings (SSSR count). The van der Waals surface area contributed by atoms with E-state index in [4.69, 9.17) is 0 Å². The zero-order valence-electron chi connectivity index (χ0n) is 19.6. The third kappa shape index (κ3) is 3.68. The average Bonchev–Trinajstić information content (AvgIpc) is 3.10. The van der Waals surface area contributed by atoms with Crippen molar-refractivity contribution in [3.8, 4) is 0 Å². The average molecular weight is 508 g/mol. The maximum atomic E-state index is 13.7. The smallest absolute Gasteiger partial charge is 0.426 e. The molecular weight excluding hydrogens is 481 g/mol. The van der Waals surface area contributed by atoms with Gasteiger partial charge in [0.15, 0.2) is 0 Å². The van der Waals surface area contributed by atoms with E-state index in [1.54, 1.807) is 6.92 Å². The van der Waals surface area contributed by atoms with Gasteiger partial charge in [-0.2, -0.15) is 30.7 Å². The molecule has 5 unspecified atom stereocenters. The van der Waals surface area contributed by atoms with Gasteiger partial charge < -0.3 is 4.74 Å². The highest BCUT2D eigenvalue weighted by Crippen LogP contribution is 2.64. The van der Waals surface area contributed by atoms with Crippen LogP contribution in [0.2, 0.25) is 0 Å². The summed E-state index contributed by atoms with van der Waals surface area (Å²) in [5.74, 6) is -15.2. The summed E-state index contributed by atoms with van der Waals surface area (Å²) >= 11 is 0. The molecule has 0 aromatic carbocycles. The fraction of sp³-hybridized carbons (Fsp3) is 0.680. The highest BCUT2D eigenvalue weighted by Gasteiger charge is 2.77. The molecule has 5 atom stereocenters. The fourth-order valence-electron chi connectivity index (χ4n) is 6.85. The van der Waals surface area contributed by atoms with Gasteiger partial charge in [-0.3, -0.25) is 4.79 Å². The molecule has 1 fully saturated rings. The normalized spacial score (nSPS) is 35.1. The minimum atomic E-state index is -6.61. The maximum absolute atomic E-state index is 13.7. The minimum Gasteiger partial charge on any atom is -0.426 e. The van der Waals surface area contributed by atoms with E-state index in [1.807, 2.05) is 13.0 Å². The van der Waals surface area contributed by atoms with E-state index in [0.29, 0.717) is 24.3 Å². The van der Waals surface area contributed by atoms with Crippen LogP contribution >= 0.6 is 0 Å². The van der Waals surface area contributed by atoms with Crippen LogP contribution in [0.25, 0.3) is 0 Å². The number of hydrogen-bond donors (Lipinski definition) is 0. The number of hydrogen-bond acceptors (Lipinski definition) is 3. The van der Waals surface area contributed by atoms with Crippen molar-refractivity contribution >= 4 is 11.8 Å². The molecule has 3 nitrogen and oxygen atoms in total. The van der Waals surface area contributed by atoms with Crippen LogP contribution in [0, 0.1) is 28.6 Å². The van der Waals surface area contributed by atoms with Crippen LogP contribution in [-0.2, 0) is 14.3 Å². The topological polar surface area (TPSA) is 43.4 Å². The highest BCUT2D eigenvalue weighted by molar-refractivity contribution is 5.80. The van der Waals surface area contributed by atoms with E-state index in [2.05, 4.69) is 17.7 Å². The molecule has 0 aromatic heterocycles. The van der Waals surface area contributed by atoms with Crippen molar-refractivity contribution in [2.24, 2.45) is 28.6 Å². The number of rotatable bonds is 4. The molecular formula is C25H27F7O3. The number of Topliss-reactive ketones (excluding diaryl/α,β-unsaturated/α-hetero) is 1. The second-order valence-corrected chi connectivity index (χ2v) is 10.7. The van der Waals surface area contributed by atoms with E-state index in [1.165, 1.54) is 6.08 Å². The number of fused-ring (bicyclic) bond motifs is 5. The van der Waals surface area contributed by atoms with Crippen molar-refractivity contribution < 1.29 is 45.1 Å². The van der Waals surface area contributed by atoms with Crippen LogP contribution in [0.3, 0.4) is 0 Å². The first-order valence-corrected chi connectivity index (χ1v) is 11.6. The van der Waals surface area contributed by atoms with Gasteiger partial charge in [0.2, 0.25) is 0 Å². The van der Waals surface area contributed by atoms with Crippen molar-refractivity contribution in [3.63, 3.8) is 0 Å². The van der Waals surface area contributed by atoms with Crippen LogP contribution < -0.4 is 0 Å². The molecule has 4 aliphatic rings. The molecule has 0 saturated heterocycles. The van der Waals surface area contributed by atoms with Gasteiger partial charge in [-0.1, -0.05) is 31.6 Å². The Kier molecular flexibility index (Phi) is 5.88. The largest absolute Gasteiger partial charge is 0.460 e. The molecule has 4 aliphatic carbocycles. The summed E-state index contributed by atoms with van der Waals surface area (Å²) in [5, 5.41) is 0. The summed E-state index contributed by atoms with van der Waals surface area (Å²) in [5.41, 5.74) is 1.18. The molecule has 1 saturated carbocycles. The molecule has 0 spiro atoms. The zero-order valence-corrected chi connectivity index (χ0v) is 19.6. The minimum absolute atomic E-state index is 0.00255. The third-order valence-electron chi connectivity index (χ3n) is 8.83. The molecule has 0 heterocycles. The van der Waals surface area contributed by atoms with E-state index in [0.717, 1.165) is 24.8 Å². The van der Waals surface area contributed by atoms with Gasteiger partial charge >= 0.3 is 24.0 Å².